The Kier molecular flexibility index (Phi) is 28.0. The molecule has 8 rings (SSSR count). The Hall–Kier alpha value is -11.2. The van der Waals surface area contributed by atoms with Crippen LogP contribution in [0.1, 0.15) is 102 Å². The number of aliphatic carboxylic acids is 1. The van der Waals surface area contributed by atoms with Crippen LogP contribution in [0.3, 0.4) is 0 Å². The third-order valence-electron chi connectivity index (χ3n) is 18.0. The van der Waals surface area contributed by atoms with Crippen molar-refractivity contribution < 1.29 is 72.2 Å². The fraction of sp³-hybridized carbons (Fsp3) is 0.451. The van der Waals surface area contributed by atoms with Crippen LogP contribution in [-0.4, -0.2) is 196 Å². The molecule has 4 heterocycles. The summed E-state index contributed by atoms with van der Waals surface area (Å²) in [6, 6.07) is 8.27. The first-order valence-electron chi connectivity index (χ1n) is 34.5. The molecule has 0 saturated carbocycles. The highest BCUT2D eigenvalue weighted by Gasteiger charge is 2.42. The van der Waals surface area contributed by atoms with Crippen LogP contribution in [0.4, 0.5) is 0 Å². The Morgan fingerprint density at radius 1 is 0.635 bits per heavy atom. The molecule has 33 heteroatoms. The van der Waals surface area contributed by atoms with Crippen molar-refractivity contribution in [1.82, 2.24) is 79.0 Å². The van der Waals surface area contributed by atoms with E-state index in [1.807, 2.05) is 18.2 Å². The van der Waals surface area contributed by atoms with E-state index in [0.29, 0.717) is 32.6 Å². The van der Waals surface area contributed by atoms with Crippen molar-refractivity contribution in [2.45, 2.75) is 171 Å². The monoisotopic (exact) mass is 1460 g/mol. The molecule has 0 radical (unpaired) electrons. The number of guanidine groups is 1. The van der Waals surface area contributed by atoms with E-state index in [2.05, 4.69) is 74.1 Å². The first-order valence-corrected chi connectivity index (χ1v) is 34.9. The van der Waals surface area contributed by atoms with E-state index in [1.54, 1.807) is 80.7 Å². The molecule has 18 N–H and O–H groups in total. The number of para-hydroxylation sites is 1. The Morgan fingerprint density at radius 3 is 1.94 bits per heavy atom. The summed E-state index contributed by atoms with van der Waals surface area (Å²) in [5, 5.41) is 54.6. The minimum Gasteiger partial charge on any atom is -0.480 e. The third kappa shape index (κ3) is 22.7. The van der Waals surface area contributed by atoms with E-state index in [0.717, 1.165) is 17.7 Å². The fourth-order valence-electron chi connectivity index (χ4n) is 12.6. The van der Waals surface area contributed by atoms with E-state index in [-0.39, 0.29) is 82.8 Å². The van der Waals surface area contributed by atoms with Crippen molar-refractivity contribution in [1.29, 1.82) is 5.41 Å². The minimum absolute atomic E-state index is 0.0150. The molecular formula is C71H90ClN17O15. The van der Waals surface area contributed by atoms with Crippen molar-refractivity contribution in [2.24, 2.45) is 11.7 Å². The number of carbonyl (C=O) groups is 14. The maximum Gasteiger partial charge on any atom is 0.328 e. The molecular weight excluding hydrogens is 1370 g/mol. The molecule has 3 fully saturated rings. The zero-order valence-electron chi connectivity index (χ0n) is 58.0. The second kappa shape index (κ2) is 37.1. The third-order valence-corrected chi connectivity index (χ3v) is 18.3. The quantitative estimate of drug-likeness (QED) is 0.0364. The molecule has 13 amide bonds. The van der Waals surface area contributed by atoms with Gasteiger partial charge in [-0.05, 0) is 103 Å². The van der Waals surface area contributed by atoms with Crippen LogP contribution >= 0.6 is 11.6 Å². The van der Waals surface area contributed by atoms with Crippen LogP contribution in [0.15, 0.2) is 97.2 Å². The predicted molar refractivity (Wildman–Crippen MR) is 381 cm³/mol. The summed E-state index contributed by atoms with van der Waals surface area (Å²) in [4.78, 5) is 207. The molecule has 32 nitrogen and oxygen atoms in total. The number of fused-ring (bicyclic) bond motifs is 6. The van der Waals surface area contributed by atoms with Crippen molar-refractivity contribution >= 4 is 122 Å². The first-order chi connectivity index (χ1) is 49.6. The zero-order valence-corrected chi connectivity index (χ0v) is 58.8. The SMILES string of the molecule is CC(=O)N[C@H]1CCC(=O)N[C@H](C)C(=O)NCC[C@@H]2NC(=O)[C@H](CC(=O)NC[C@@H](C(=O)O)NC(=O)[C@@H]3CCCN3C(=O)[C@H](CCCNC(=N)N)NC(=O)[C@H](CC(C)C)NC(=O)[C@@H](Cc3ccc4ccccc4c3)NC2=O)NC(=O)[C@@H](Cc2c[nH]c3ccccc23)NC(=O)[C@@H](Cc2ccc(Cl)cc2)NC1=O. The van der Waals surface area contributed by atoms with Gasteiger partial charge in [0.15, 0.2) is 5.96 Å². The smallest absolute Gasteiger partial charge is 0.328 e. The van der Waals surface area contributed by atoms with E-state index >= 15 is 24.0 Å². The van der Waals surface area contributed by atoms with Crippen molar-refractivity contribution in [3.8, 4) is 0 Å². The number of aromatic amines is 1. The van der Waals surface area contributed by atoms with Gasteiger partial charge in [0.25, 0.3) is 0 Å². The van der Waals surface area contributed by atoms with Gasteiger partial charge in [-0.25, -0.2) is 4.79 Å². The molecule has 0 aliphatic carbocycles. The number of halogens is 1. The number of aromatic nitrogens is 1. The number of nitrogens with one attached hydrogen (secondary N) is 15. The first kappa shape index (κ1) is 78.5. The highest BCUT2D eigenvalue weighted by Crippen LogP contribution is 2.24. The van der Waals surface area contributed by atoms with Crippen LogP contribution in [0.5, 0.6) is 0 Å². The fourth-order valence-corrected chi connectivity index (χ4v) is 12.7. The number of H-pyrrole nitrogens is 1. The van der Waals surface area contributed by atoms with Gasteiger partial charge in [-0.3, -0.25) is 67.7 Å². The topological polar surface area (TPSA) is 484 Å². The number of carboxylic acids is 1. The molecule has 5 aromatic rings. The van der Waals surface area contributed by atoms with E-state index in [4.69, 9.17) is 22.7 Å². The van der Waals surface area contributed by atoms with Gasteiger partial charge in [0.05, 0.1) is 6.42 Å². The van der Waals surface area contributed by atoms with Gasteiger partial charge in [-0.2, -0.15) is 0 Å². The number of nitrogens with zero attached hydrogens (tertiary/aromatic N) is 1. The van der Waals surface area contributed by atoms with Crippen molar-refractivity contribution in [3.63, 3.8) is 0 Å². The average Bonchev–Trinajstić information content (AvgIpc) is 1.54. The van der Waals surface area contributed by atoms with Gasteiger partial charge in [-0.1, -0.05) is 98.2 Å². The summed E-state index contributed by atoms with van der Waals surface area (Å²) in [6.07, 6.45) is -1.33. The molecule has 11 atom stereocenters. The number of carbonyl (C=O) groups excluding carboxylic acids is 13. The van der Waals surface area contributed by atoms with Crippen LogP contribution in [0, 0.1) is 11.3 Å². The Balaban J connectivity index is 1.24. The van der Waals surface area contributed by atoms with Crippen molar-refractivity contribution in [2.75, 3.05) is 26.2 Å². The molecule has 2 bridgehead atoms. The van der Waals surface area contributed by atoms with Gasteiger partial charge < -0.3 is 89.8 Å². The molecule has 1 aromatic heterocycles. The van der Waals surface area contributed by atoms with Crippen LogP contribution < -0.4 is 74.9 Å². The number of hydrogen-bond donors (Lipinski definition) is 17. The number of rotatable bonds is 14. The molecule has 3 aliphatic heterocycles. The standard InChI is InChI=1S/C71H90ClN17O15/c1-37(2)29-51-63(96)82-50(15-9-26-76-71(73)74)69(102)89-28-10-16-57(89)68(101)88-56(70(103)104)36-78-59(92)34-55-67(100)81-49(62(95)85-53(65(98)83-51)32-41-17-20-42-11-5-6-12-43(42)30-41)25-27-75-60(93)38(3)79-58(91)24-23-48(80-39(4)90)61(94)84-52(31-40-18-21-45(72)22-19-40)64(97)86-54(66(99)87-55)33-44-35-77-47-14-8-7-13-46(44)47/h5-8,11-14,17-22,30,35,37-38,48-57,77H,9-10,15-16,23-29,31-34,36H2,1-4H3,(H,75,93)(H,78,92)(H,79,91)(H,80,90)(H,81,100)(H,82,96)(H,83,98)(H,84,94)(H,85,95)(H,86,97)(H,87,99)(H,88,101)(H,103,104)(H4,73,74,76)/t38-,48+,49+,50+,51+,52-,53-,54-,55+,56+,57+/m1/s1. The summed E-state index contributed by atoms with van der Waals surface area (Å²) in [6.45, 7) is 4.76. The molecule has 556 valence electrons. The molecule has 0 spiro atoms. The lowest BCUT2D eigenvalue weighted by molar-refractivity contribution is -0.145. The number of nitrogens with two attached hydrogens (primary N) is 1. The summed E-state index contributed by atoms with van der Waals surface area (Å²) >= 11 is 6.24. The lowest BCUT2D eigenvalue weighted by atomic mass is 9.98. The zero-order chi connectivity index (χ0) is 75.3. The van der Waals surface area contributed by atoms with Gasteiger partial charge in [0.2, 0.25) is 76.8 Å². The predicted octanol–water partition coefficient (Wildman–Crippen LogP) is -0.905. The summed E-state index contributed by atoms with van der Waals surface area (Å²) < 4.78 is 0. The Morgan fingerprint density at radius 2 is 1.24 bits per heavy atom. The number of hydrogen-bond acceptors (Lipinski definition) is 15. The van der Waals surface area contributed by atoms with E-state index in [1.165, 1.54) is 24.0 Å². The molecule has 3 aliphatic rings. The van der Waals surface area contributed by atoms with Gasteiger partial charge in [-0.15, -0.1) is 0 Å². The number of benzene rings is 4. The summed E-state index contributed by atoms with van der Waals surface area (Å²) in [5.41, 5.74) is 7.57. The Labute approximate surface area is 604 Å². The van der Waals surface area contributed by atoms with E-state index in [9.17, 15) is 48.3 Å². The summed E-state index contributed by atoms with van der Waals surface area (Å²) in [5.74, 6) is -14.5. The number of carboxylic acid groups (broad SMARTS) is 1. The van der Waals surface area contributed by atoms with Gasteiger partial charge >= 0.3 is 5.97 Å². The highest BCUT2D eigenvalue weighted by molar-refractivity contribution is 6.30. The van der Waals surface area contributed by atoms with Gasteiger partial charge in [0, 0.05) is 80.9 Å². The number of amides is 13. The average molecular weight is 1460 g/mol. The van der Waals surface area contributed by atoms with Crippen LogP contribution in [0.2, 0.25) is 5.02 Å². The molecule has 0 unspecified atom stereocenters. The lowest BCUT2D eigenvalue weighted by Gasteiger charge is -2.31. The highest BCUT2D eigenvalue weighted by atomic mass is 35.5. The molecule has 4 aromatic carbocycles. The maximum absolute atomic E-state index is 15.4. The molecule has 104 heavy (non-hydrogen) atoms. The van der Waals surface area contributed by atoms with Gasteiger partial charge in [0.1, 0.15) is 66.5 Å². The Bertz CT molecular complexity index is 4040. The molecule has 3 saturated heterocycles. The lowest BCUT2D eigenvalue weighted by Crippen LogP contribution is -2.61. The largest absolute Gasteiger partial charge is 0.480 e. The van der Waals surface area contributed by atoms with Crippen LogP contribution in [0.25, 0.3) is 21.7 Å². The minimum atomic E-state index is -2.07. The van der Waals surface area contributed by atoms with E-state index < -0.39 is 182 Å². The normalized spacial score (nSPS) is 24.6. The second-order valence-electron chi connectivity index (χ2n) is 26.6. The second-order valence-corrected chi connectivity index (χ2v) is 27.0. The maximum atomic E-state index is 15.4. The van der Waals surface area contributed by atoms with Crippen molar-refractivity contribution in [3.05, 3.63) is 119 Å². The van der Waals surface area contributed by atoms with Crippen LogP contribution in [-0.2, 0) is 86.4 Å². The summed E-state index contributed by atoms with van der Waals surface area (Å²) in [7, 11) is 0.